The Bertz CT molecular complexity index is 593. The van der Waals surface area contributed by atoms with Crippen molar-refractivity contribution in [1.82, 2.24) is 4.31 Å². The van der Waals surface area contributed by atoms with Crippen LogP contribution in [-0.4, -0.2) is 36.4 Å². The molecule has 1 aliphatic heterocycles. The number of thiophene rings is 1. The van der Waals surface area contributed by atoms with Gasteiger partial charge in [0, 0.05) is 11.4 Å². The lowest BCUT2D eigenvalue weighted by Gasteiger charge is -2.34. The van der Waals surface area contributed by atoms with E-state index < -0.39 is 22.0 Å². The number of piperidine rings is 1. The topological polar surface area (TPSA) is 74.7 Å². The molecule has 1 fully saturated rings. The molecule has 0 aliphatic carbocycles. The van der Waals surface area contributed by atoms with Crippen molar-refractivity contribution in [3.63, 3.8) is 0 Å². The van der Waals surface area contributed by atoms with Crippen LogP contribution in [0.1, 0.15) is 31.6 Å². The number of carboxylic acid groups (broad SMARTS) is 1. The molecule has 0 aromatic carbocycles. The summed E-state index contributed by atoms with van der Waals surface area (Å²) in [5.74, 6) is -0.829. The van der Waals surface area contributed by atoms with Gasteiger partial charge in [-0.15, -0.1) is 11.3 Å². The standard InChI is InChI=1S/C13H19NO4S2/c1-3-10-4-5-12(19-10)20(17,18)14-7-6-9(2)8-11(14)13(15)16/h4-5,9,11H,3,6-8H2,1-2H3,(H,15,16). The van der Waals surface area contributed by atoms with Gasteiger partial charge in [0.1, 0.15) is 10.3 Å². The van der Waals surface area contributed by atoms with Crippen LogP contribution >= 0.6 is 11.3 Å². The summed E-state index contributed by atoms with van der Waals surface area (Å²) in [6.07, 6.45) is 1.86. The molecular formula is C13H19NO4S2. The number of rotatable bonds is 4. The van der Waals surface area contributed by atoms with Gasteiger partial charge in [-0.3, -0.25) is 4.79 Å². The average molecular weight is 317 g/mol. The van der Waals surface area contributed by atoms with E-state index in [-0.39, 0.29) is 16.7 Å². The van der Waals surface area contributed by atoms with E-state index in [9.17, 15) is 18.3 Å². The first-order chi connectivity index (χ1) is 9.36. The number of carboxylic acids is 1. The van der Waals surface area contributed by atoms with E-state index in [0.717, 1.165) is 15.6 Å². The number of nitrogens with zero attached hydrogens (tertiary/aromatic N) is 1. The van der Waals surface area contributed by atoms with E-state index in [0.29, 0.717) is 12.8 Å². The summed E-state index contributed by atoms with van der Waals surface area (Å²) in [4.78, 5) is 12.3. The van der Waals surface area contributed by atoms with Crippen molar-refractivity contribution in [3.8, 4) is 0 Å². The molecule has 0 spiro atoms. The molecule has 1 aliphatic rings. The second kappa shape index (κ2) is 5.83. The number of hydrogen-bond donors (Lipinski definition) is 1. The van der Waals surface area contributed by atoms with E-state index >= 15 is 0 Å². The molecule has 7 heteroatoms. The first kappa shape index (κ1) is 15.5. The summed E-state index contributed by atoms with van der Waals surface area (Å²) in [6.45, 7) is 4.20. The molecule has 20 heavy (non-hydrogen) atoms. The van der Waals surface area contributed by atoms with Gasteiger partial charge in [0.2, 0.25) is 0 Å². The molecule has 2 heterocycles. The van der Waals surface area contributed by atoms with Gasteiger partial charge in [0.25, 0.3) is 10.0 Å². The highest BCUT2D eigenvalue weighted by Gasteiger charge is 2.40. The molecule has 2 unspecified atom stereocenters. The molecule has 0 saturated carbocycles. The van der Waals surface area contributed by atoms with E-state index in [1.54, 1.807) is 12.1 Å². The fourth-order valence-corrected chi connectivity index (χ4v) is 5.47. The van der Waals surface area contributed by atoms with Crippen molar-refractivity contribution in [2.45, 2.75) is 43.4 Å². The molecule has 0 bridgehead atoms. The predicted molar refractivity (Wildman–Crippen MR) is 77.4 cm³/mol. The van der Waals surface area contributed by atoms with Gasteiger partial charge in [-0.05, 0) is 37.3 Å². The van der Waals surface area contributed by atoms with E-state index in [1.165, 1.54) is 11.3 Å². The fraction of sp³-hybridized carbons (Fsp3) is 0.615. The number of aliphatic carboxylic acids is 1. The van der Waals surface area contributed by atoms with Crippen molar-refractivity contribution in [2.24, 2.45) is 5.92 Å². The number of hydrogen-bond acceptors (Lipinski definition) is 4. The lowest BCUT2D eigenvalue weighted by atomic mass is 9.94. The normalized spacial score (nSPS) is 24.7. The molecular weight excluding hydrogens is 298 g/mol. The zero-order chi connectivity index (χ0) is 14.9. The maximum atomic E-state index is 12.6. The minimum atomic E-state index is -3.70. The molecule has 2 atom stereocenters. The van der Waals surface area contributed by atoms with Crippen LogP contribution in [0.4, 0.5) is 0 Å². The highest BCUT2D eigenvalue weighted by atomic mass is 32.2. The van der Waals surface area contributed by atoms with Crippen LogP contribution in [0, 0.1) is 5.92 Å². The summed E-state index contributed by atoms with van der Waals surface area (Å²) < 4.78 is 26.6. The third-order valence-electron chi connectivity index (χ3n) is 3.65. The van der Waals surface area contributed by atoms with Crippen molar-refractivity contribution in [1.29, 1.82) is 0 Å². The first-order valence-electron chi connectivity index (χ1n) is 6.69. The van der Waals surface area contributed by atoms with Crippen LogP contribution in [-0.2, 0) is 21.2 Å². The molecule has 1 N–H and O–H groups in total. The highest BCUT2D eigenvalue weighted by molar-refractivity contribution is 7.91. The van der Waals surface area contributed by atoms with E-state index in [4.69, 9.17) is 0 Å². The van der Waals surface area contributed by atoms with E-state index in [2.05, 4.69) is 0 Å². The zero-order valence-corrected chi connectivity index (χ0v) is 13.2. The SMILES string of the molecule is CCc1ccc(S(=O)(=O)N2CCC(C)CC2C(=O)O)s1. The molecule has 0 amide bonds. The summed E-state index contributed by atoms with van der Waals surface area (Å²) in [7, 11) is -3.70. The molecule has 5 nitrogen and oxygen atoms in total. The summed E-state index contributed by atoms with van der Waals surface area (Å²) in [5.41, 5.74) is 0. The van der Waals surface area contributed by atoms with Gasteiger partial charge < -0.3 is 5.11 Å². The second-order valence-corrected chi connectivity index (χ2v) is 8.46. The Kier molecular flexibility index (Phi) is 4.51. The zero-order valence-electron chi connectivity index (χ0n) is 11.6. The fourth-order valence-electron chi connectivity index (χ4n) is 2.43. The molecule has 1 aromatic heterocycles. The Labute approximate surface area is 123 Å². The van der Waals surface area contributed by atoms with Gasteiger partial charge in [-0.2, -0.15) is 4.31 Å². The van der Waals surface area contributed by atoms with E-state index in [1.807, 2.05) is 13.8 Å². The van der Waals surface area contributed by atoms with Crippen molar-refractivity contribution >= 4 is 27.3 Å². The van der Waals surface area contributed by atoms with Gasteiger partial charge in [0.05, 0.1) is 0 Å². The van der Waals surface area contributed by atoms with Crippen LogP contribution in [0.15, 0.2) is 16.3 Å². The number of carbonyl (C=O) groups is 1. The minimum absolute atomic E-state index is 0.233. The monoisotopic (exact) mass is 317 g/mol. The minimum Gasteiger partial charge on any atom is -0.480 e. The Morgan fingerprint density at radius 1 is 1.50 bits per heavy atom. The highest BCUT2D eigenvalue weighted by Crippen LogP contribution is 2.31. The number of sulfonamides is 1. The largest absolute Gasteiger partial charge is 0.480 e. The van der Waals surface area contributed by atoms with Crippen LogP contribution in [0.2, 0.25) is 0 Å². The maximum Gasteiger partial charge on any atom is 0.322 e. The van der Waals surface area contributed by atoms with Crippen LogP contribution in [0.5, 0.6) is 0 Å². The van der Waals surface area contributed by atoms with Crippen molar-refractivity contribution in [2.75, 3.05) is 6.54 Å². The maximum absolute atomic E-state index is 12.6. The van der Waals surface area contributed by atoms with Gasteiger partial charge in [0.15, 0.2) is 0 Å². The Morgan fingerprint density at radius 2 is 2.20 bits per heavy atom. The average Bonchev–Trinajstić information content (AvgIpc) is 2.87. The second-order valence-electron chi connectivity index (χ2n) is 5.17. The molecule has 1 saturated heterocycles. The number of aryl methyl sites for hydroxylation is 1. The Morgan fingerprint density at radius 3 is 2.75 bits per heavy atom. The lowest BCUT2D eigenvalue weighted by Crippen LogP contribution is -2.49. The van der Waals surface area contributed by atoms with Crippen molar-refractivity contribution in [3.05, 3.63) is 17.0 Å². The van der Waals surface area contributed by atoms with Crippen LogP contribution in [0.25, 0.3) is 0 Å². The lowest BCUT2D eigenvalue weighted by molar-refractivity contribution is -0.142. The molecule has 1 aromatic rings. The Balaban J connectivity index is 2.34. The molecule has 2 rings (SSSR count). The third-order valence-corrected chi connectivity index (χ3v) is 7.25. The summed E-state index contributed by atoms with van der Waals surface area (Å²) in [5, 5.41) is 9.29. The summed E-state index contributed by atoms with van der Waals surface area (Å²) in [6, 6.07) is 2.42. The van der Waals surface area contributed by atoms with Gasteiger partial charge >= 0.3 is 5.97 Å². The summed E-state index contributed by atoms with van der Waals surface area (Å²) >= 11 is 1.23. The molecule has 112 valence electrons. The Hall–Kier alpha value is -0.920. The first-order valence-corrected chi connectivity index (χ1v) is 8.95. The van der Waals surface area contributed by atoms with Gasteiger partial charge in [-0.25, -0.2) is 8.42 Å². The van der Waals surface area contributed by atoms with Gasteiger partial charge in [-0.1, -0.05) is 13.8 Å². The molecule has 0 radical (unpaired) electrons. The van der Waals surface area contributed by atoms with Crippen LogP contribution in [0.3, 0.4) is 0 Å². The predicted octanol–water partition coefficient (Wildman–Crippen LogP) is 2.18. The smallest absolute Gasteiger partial charge is 0.322 e. The third kappa shape index (κ3) is 2.89. The van der Waals surface area contributed by atoms with Crippen molar-refractivity contribution < 1.29 is 18.3 Å². The quantitative estimate of drug-likeness (QED) is 0.923. The van der Waals surface area contributed by atoms with Crippen LogP contribution < -0.4 is 0 Å².